The fourth-order valence-electron chi connectivity index (χ4n) is 1.93. The zero-order chi connectivity index (χ0) is 11.5. The second-order valence-electron chi connectivity index (χ2n) is 4.21. The minimum atomic E-state index is -0.0527. The topological polar surface area (TPSA) is 59.3 Å². The summed E-state index contributed by atoms with van der Waals surface area (Å²) in [7, 11) is 0. The van der Waals surface area contributed by atoms with E-state index >= 15 is 0 Å². The summed E-state index contributed by atoms with van der Waals surface area (Å²) in [4.78, 5) is 22.8. The Balaban J connectivity index is 1.91. The van der Waals surface area contributed by atoms with Crippen molar-refractivity contribution >= 4 is 17.6 Å². The summed E-state index contributed by atoms with van der Waals surface area (Å²) in [6.45, 7) is 1.83. The molecule has 4 nitrogen and oxygen atoms in total. The number of carbonyl (C=O) groups is 2. The van der Waals surface area contributed by atoms with E-state index in [9.17, 15) is 9.59 Å². The highest BCUT2D eigenvalue weighted by Crippen LogP contribution is 2.23. The van der Waals surface area contributed by atoms with Gasteiger partial charge >= 0.3 is 0 Å². The van der Waals surface area contributed by atoms with Crippen LogP contribution in [0.3, 0.4) is 0 Å². The van der Waals surface area contributed by atoms with Crippen LogP contribution in [0.5, 0.6) is 0 Å². The van der Waals surface area contributed by atoms with Gasteiger partial charge in [-0.3, -0.25) is 14.9 Å². The average molecular weight is 221 g/mol. The van der Waals surface area contributed by atoms with Crippen LogP contribution in [-0.4, -0.2) is 11.7 Å². The lowest BCUT2D eigenvalue weighted by Gasteiger charge is -2.19. The molecule has 4 heteroatoms. The van der Waals surface area contributed by atoms with Crippen molar-refractivity contribution in [1.29, 1.82) is 0 Å². The van der Waals surface area contributed by atoms with Crippen molar-refractivity contribution in [2.75, 3.05) is 5.32 Å². The Kier molecular flexibility index (Phi) is 3.08. The lowest BCUT2D eigenvalue weighted by molar-refractivity contribution is -0.125. The Bertz CT molecular complexity index is 398. The molecule has 0 spiro atoms. The first-order valence-corrected chi connectivity index (χ1v) is 5.54. The predicted molar refractivity (Wildman–Crippen MR) is 59.0 cm³/mol. The van der Waals surface area contributed by atoms with Crippen LogP contribution in [0.1, 0.15) is 31.4 Å². The zero-order valence-corrected chi connectivity index (χ0v) is 9.29. The summed E-state index contributed by atoms with van der Waals surface area (Å²) in [6, 6.07) is 3.54. The Morgan fingerprint density at radius 3 is 2.62 bits per heavy atom. The van der Waals surface area contributed by atoms with Gasteiger partial charge in [-0.1, -0.05) is 0 Å². The molecule has 86 valence electrons. The number of Topliss-reactive ketones (excluding diaryl/α,β-unsaturated/α-hetero) is 1. The van der Waals surface area contributed by atoms with Crippen LogP contribution in [0.2, 0.25) is 0 Å². The lowest BCUT2D eigenvalue weighted by Crippen LogP contribution is -2.27. The third kappa shape index (κ3) is 2.51. The summed E-state index contributed by atoms with van der Waals surface area (Å²) in [5.41, 5.74) is 0. The van der Waals surface area contributed by atoms with Gasteiger partial charge in [-0.15, -0.1) is 0 Å². The molecule has 1 aromatic heterocycles. The number of carbonyl (C=O) groups excluding carboxylic acids is 2. The van der Waals surface area contributed by atoms with Crippen LogP contribution in [0, 0.1) is 12.8 Å². The standard InChI is InChI=1S/C12H15NO3/c1-8-2-7-11(16-8)13-12(15)9-3-5-10(14)6-4-9/h2,7,9H,3-6H2,1H3,(H,13,15). The fraction of sp³-hybridized carbons (Fsp3) is 0.500. The summed E-state index contributed by atoms with van der Waals surface area (Å²) >= 11 is 0. The van der Waals surface area contributed by atoms with E-state index < -0.39 is 0 Å². The first kappa shape index (κ1) is 10.9. The molecule has 1 amide bonds. The van der Waals surface area contributed by atoms with Gasteiger partial charge in [0, 0.05) is 24.8 Å². The van der Waals surface area contributed by atoms with Gasteiger partial charge in [0.1, 0.15) is 11.5 Å². The van der Waals surface area contributed by atoms with Gasteiger partial charge in [0.15, 0.2) is 5.88 Å². The number of aryl methyl sites for hydroxylation is 1. The van der Waals surface area contributed by atoms with Crippen LogP contribution in [-0.2, 0) is 9.59 Å². The van der Waals surface area contributed by atoms with Crippen molar-refractivity contribution in [2.24, 2.45) is 5.92 Å². The zero-order valence-electron chi connectivity index (χ0n) is 9.29. The molecule has 2 rings (SSSR count). The van der Waals surface area contributed by atoms with Crippen LogP contribution in [0.25, 0.3) is 0 Å². The molecular formula is C12H15NO3. The van der Waals surface area contributed by atoms with Crippen molar-refractivity contribution in [3.8, 4) is 0 Å². The van der Waals surface area contributed by atoms with Crippen molar-refractivity contribution in [1.82, 2.24) is 0 Å². The molecule has 1 N–H and O–H groups in total. The molecule has 0 atom stereocenters. The van der Waals surface area contributed by atoms with Crippen LogP contribution in [0.4, 0.5) is 5.88 Å². The van der Waals surface area contributed by atoms with Gasteiger partial charge in [0.25, 0.3) is 0 Å². The number of rotatable bonds is 2. The molecule has 0 bridgehead atoms. The molecule has 0 aromatic carbocycles. The van der Waals surface area contributed by atoms with E-state index in [4.69, 9.17) is 4.42 Å². The van der Waals surface area contributed by atoms with Gasteiger partial charge in [0.2, 0.25) is 5.91 Å². The second-order valence-corrected chi connectivity index (χ2v) is 4.21. The largest absolute Gasteiger partial charge is 0.446 e. The normalized spacial score (nSPS) is 17.4. The monoisotopic (exact) mass is 221 g/mol. The lowest BCUT2D eigenvalue weighted by atomic mass is 9.88. The predicted octanol–water partition coefficient (Wildman–Crippen LogP) is 2.29. The van der Waals surface area contributed by atoms with E-state index in [1.165, 1.54) is 0 Å². The first-order valence-electron chi connectivity index (χ1n) is 5.54. The maximum Gasteiger partial charge on any atom is 0.229 e. The van der Waals surface area contributed by atoms with E-state index in [1.54, 1.807) is 12.1 Å². The molecule has 1 fully saturated rings. The van der Waals surface area contributed by atoms with E-state index in [1.807, 2.05) is 6.92 Å². The summed E-state index contributed by atoms with van der Waals surface area (Å²) in [5.74, 6) is 1.43. The maximum atomic E-state index is 11.8. The maximum absolute atomic E-state index is 11.8. The number of ketones is 1. The minimum absolute atomic E-state index is 0.0400. The smallest absolute Gasteiger partial charge is 0.229 e. The van der Waals surface area contributed by atoms with E-state index in [-0.39, 0.29) is 17.6 Å². The highest BCUT2D eigenvalue weighted by atomic mass is 16.4. The summed E-state index contributed by atoms with van der Waals surface area (Å²) in [6.07, 6.45) is 2.36. The summed E-state index contributed by atoms with van der Waals surface area (Å²) in [5, 5.41) is 2.73. The first-order chi connectivity index (χ1) is 7.65. The molecule has 16 heavy (non-hydrogen) atoms. The number of anilines is 1. The van der Waals surface area contributed by atoms with Crippen molar-refractivity contribution in [2.45, 2.75) is 32.6 Å². The highest BCUT2D eigenvalue weighted by Gasteiger charge is 2.25. The average Bonchev–Trinajstić information content (AvgIpc) is 2.65. The SMILES string of the molecule is Cc1ccc(NC(=O)C2CCC(=O)CC2)o1. The third-order valence-corrected chi connectivity index (χ3v) is 2.90. The van der Waals surface area contributed by atoms with Gasteiger partial charge in [-0.25, -0.2) is 0 Å². The third-order valence-electron chi connectivity index (χ3n) is 2.90. The molecule has 1 aliphatic rings. The molecule has 1 aliphatic carbocycles. The number of nitrogens with one attached hydrogen (secondary N) is 1. The molecule has 0 radical (unpaired) electrons. The van der Waals surface area contributed by atoms with Gasteiger partial charge in [0.05, 0.1) is 0 Å². The quantitative estimate of drug-likeness (QED) is 0.833. The van der Waals surface area contributed by atoms with Crippen LogP contribution >= 0.6 is 0 Å². The van der Waals surface area contributed by atoms with E-state index in [2.05, 4.69) is 5.32 Å². The van der Waals surface area contributed by atoms with Crippen LogP contribution < -0.4 is 5.32 Å². The molecule has 0 saturated heterocycles. The van der Waals surface area contributed by atoms with Crippen molar-refractivity contribution < 1.29 is 14.0 Å². The van der Waals surface area contributed by atoms with E-state index in [0.717, 1.165) is 5.76 Å². The molecular weight excluding hydrogens is 206 g/mol. The highest BCUT2D eigenvalue weighted by molar-refractivity contribution is 5.93. The summed E-state index contributed by atoms with van der Waals surface area (Å²) < 4.78 is 5.27. The van der Waals surface area contributed by atoms with Crippen LogP contribution in [0.15, 0.2) is 16.5 Å². The molecule has 1 saturated carbocycles. The van der Waals surface area contributed by atoms with Gasteiger partial charge < -0.3 is 4.42 Å². The Labute approximate surface area is 94.0 Å². The number of furan rings is 1. The van der Waals surface area contributed by atoms with Gasteiger partial charge in [-0.2, -0.15) is 0 Å². The Hall–Kier alpha value is -1.58. The fourth-order valence-corrected chi connectivity index (χ4v) is 1.93. The molecule has 1 aromatic rings. The van der Waals surface area contributed by atoms with Crippen molar-refractivity contribution in [3.63, 3.8) is 0 Å². The molecule has 1 heterocycles. The molecule has 0 aliphatic heterocycles. The van der Waals surface area contributed by atoms with E-state index in [0.29, 0.717) is 31.6 Å². The number of hydrogen-bond acceptors (Lipinski definition) is 3. The molecule has 0 unspecified atom stereocenters. The Morgan fingerprint density at radius 1 is 1.38 bits per heavy atom. The van der Waals surface area contributed by atoms with Crippen molar-refractivity contribution in [3.05, 3.63) is 17.9 Å². The number of amides is 1. The Morgan fingerprint density at radius 2 is 2.06 bits per heavy atom. The minimum Gasteiger partial charge on any atom is -0.446 e. The second kappa shape index (κ2) is 4.51. The number of hydrogen-bond donors (Lipinski definition) is 1. The van der Waals surface area contributed by atoms with Gasteiger partial charge in [-0.05, 0) is 25.8 Å².